The number of carbonyl (C=O) groups is 2. The fourth-order valence-electron chi connectivity index (χ4n) is 3.83. The minimum Gasteiger partial charge on any atom is -0.484 e. The summed E-state index contributed by atoms with van der Waals surface area (Å²) in [7, 11) is 0. The van der Waals surface area contributed by atoms with Crippen LogP contribution < -0.4 is 10.1 Å². The van der Waals surface area contributed by atoms with Gasteiger partial charge in [-0.05, 0) is 69.5 Å². The molecule has 3 aromatic carbocycles. The van der Waals surface area contributed by atoms with Crippen molar-refractivity contribution in [1.82, 2.24) is 10.2 Å². The molecule has 3 rings (SSSR count). The lowest BCUT2D eigenvalue weighted by Gasteiger charge is -2.33. The summed E-state index contributed by atoms with van der Waals surface area (Å²) in [5.41, 5.74) is 3.47. The Hall–Kier alpha value is -3.31. The fraction of sp³-hybridized carbons (Fsp3) is 0.333. The average Bonchev–Trinajstić information content (AvgIpc) is 2.82. The van der Waals surface area contributed by atoms with Gasteiger partial charge in [0.05, 0.1) is 0 Å². The zero-order valence-corrected chi connectivity index (χ0v) is 22.4. The second-order valence-corrected chi connectivity index (χ2v) is 10.6. The third kappa shape index (κ3) is 8.13. The van der Waals surface area contributed by atoms with Crippen LogP contribution >= 0.6 is 11.6 Å². The first kappa shape index (κ1) is 27.3. The summed E-state index contributed by atoms with van der Waals surface area (Å²) in [6.07, 6.45) is 0.389. The second-order valence-electron chi connectivity index (χ2n) is 10.2. The van der Waals surface area contributed by atoms with Crippen LogP contribution in [0.15, 0.2) is 72.8 Å². The van der Waals surface area contributed by atoms with Crippen molar-refractivity contribution in [2.45, 2.75) is 59.2 Å². The molecule has 3 aromatic rings. The zero-order chi connectivity index (χ0) is 26.3. The van der Waals surface area contributed by atoms with Gasteiger partial charge in [-0.15, -0.1) is 0 Å². The first-order valence-corrected chi connectivity index (χ1v) is 12.5. The molecule has 0 bridgehead atoms. The molecule has 0 fully saturated rings. The maximum Gasteiger partial charge on any atom is 0.261 e. The van der Waals surface area contributed by atoms with E-state index in [1.807, 2.05) is 89.2 Å². The Balaban J connectivity index is 1.92. The molecule has 6 heteroatoms. The summed E-state index contributed by atoms with van der Waals surface area (Å²) < 4.78 is 5.84. The van der Waals surface area contributed by atoms with Crippen molar-refractivity contribution in [2.75, 3.05) is 6.61 Å². The monoisotopic (exact) mass is 506 g/mol. The SMILES string of the molecule is Cc1ccc(CN(C(=O)COc2ccc(Cl)c(C)c2)C(Cc2ccccc2)C(=O)NC(C)(C)C)cc1. The smallest absolute Gasteiger partial charge is 0.261 e. The lowest BCUT2D eigenvalue weighted by molar-refractivity contribution is -0.143. The minimum absolute atomic E-state index is 0.193. The summed E-state index contributed by atoms with van der Waals surface area (Å²) in [5.74, 6) is 0.0848. The number of carbonyl (C=O) groups excluding carboxylic acids is 2. The van der Waals surface area contributed by atoms with E-state index in [1.54, 1.807) is 23.1 Å². The van der Waals surface area contributed by atoms with Crippen LogP contribution in [0, 0.1) is 13.8 Å². The van der Waals surface area contributed by atoms with Crippen molar-refractivity contribution in [2.24, 2.45) is 0 Å². The number of hydrogen-bond acceptors (Lipinski definition) is 3. The summed E-state index contributed by atoms with van der Waals surface area (Å²) in [5, 5.41) is 3.70. The lowest BCUT2D eigenvalue weighted by atomic mass is 10.0. The lowest BCUT2D eigenvalue weighted by Crippen LogP contribution is -2.55. The molecule has 36 heavy (non-hydrogen) atoms. The molecule has 5 nitrogen and oxygen atoms in total. The molecule has 0 aliphatic rings. The van der Waals surface area contributed by atoms with Crippen LogP contribution in [0.5, 0.6) is 5.75 Å². The highest BCUT2D eigenvalue weighted by Gasteiger charge is 2.32. The number of hydrogen-bond donors (Lipinski definition) is 1. The summed E-state index contributed by atoms with van der Waals surface area (Å²) in [4.78, 5) is 28.8. The van der Waals surface area contributed by atoms with Crippen molar-refractivity contribution < 1.29 is 14.3 Å². The van der Waals surface area contributed by atoms with E-state index in [1.165, 1.54) is 0 Å². The van der Waals surface area contributed by atoms with Gasteiger partial charge >= 0.3 is 0 Å². The maximum absolute atomic E-state index is 13.6. The molecule has 2 amide bonds. The van der Waals surface area contributed by atoms with Crippen LogP contribution in [0.3, 0.4) is 0 Å². The van der Waals surface area contributed by atoms with Crippen LogP contribution in [0.25, 0.3) is 0 Å². The van der Waals surface area contributed by atoms with Gasteiger partial charge < -0.3 is 15.0 Å². The molecule has 0 saturated carbocycles. The van der Waals surface area contributed by atoms with Crippen molar-refractivity contribution in [3.8, 4) is 5.75 Å². The predicted molar refractivity (Wildman–Crippen MR) is 145 cm³/mol. The quantitative estimate of drug-likeness (QED) is 0.393. The van der Waals surface area contributed by atoms with E-state index in [0.717, 1.165) is 22.3 Å². The van der Waals surface area contributed by atoms with Gasteiger partial charge in [0.15, 0.2) is 6.61 Å². The number of amides is 2. The largest absolute Gasteiger partial charge is 0.484 e. The fourth-order valence-corrected chi connectivity index (χ4v) is 3.95. The number of ether oxygens (including phenoxy) is 1. The third-order valence-electron chi connectivity index (χ3n) is 5.73. The first-order valence-electron chi connectivity index (χ1n) is 12.1. The molecule has 0 radical (unpaired) electrons. The van der Waals surface area contributed by atoms with Crippen molar-refractivity contribution in [3.63, 3.8) is 0 Å². The molecule has 1 atom stereocenters. The second kappa shape index (κ2) is 12.1. The van der Waals surface area contributed by atoms with Crippen LogP contribution in [-0.2, 0) is 22.6 Å². The van der Waals surface area contributed by atoms with Gasteiger partial charge in [0, 0.05) is 23.5 Å². The maximum atomic E-state index is 13.6. The summed E-state index contributed by atoms with van der Waals surface area (Å²) in [6, 6.07) is 22.3. The van der Waals surface area contributed by atoms with E-state index in [2.05, 4.69) is 5.32 Å². The van der Waals surface area contributed by atoms with Gasteiger partial charge in [0.25, 0.3) is 5.91 Å². The molecule has 1 N–H and O–H groups in total. The number of rotatable bonds is 9. The Labute approximate surface area is 219 Å². The molecule has 190 valence electrons. The highest BCUT2D eigenvalue weighted by molar-refractivity contribution is 6.31. The third-order valence-corrected chi connectivity index (χ3v) is 6.16. The Bertz CT molecular complexity index is 1170. The Kier molecular flexibility index (Phi) is 9.16. The van der Waals surface area contributed by atoms with Crippen LogP contribution in [0.1, 0.15) is 43.0 Å². The molecular weight excluding hydrogens is 472 g/mol. The Morgan fingerprint density at radius 3 is 2.22 bits per heavy atom. The average molecular weight is 507 g/mol. The predicted octanol–water partition coefficient (Wildman–Crippen LogP) is 5.89. The number of nitrogens with one attached hydrogen (secondary N) is 1. The van der Waals surface area contributed by atoms with Crippen LogP contribution in [-0.4, -0.2) is 34.9 Å². The Morgan fingerprint density at radius 2 is 1.61 bits per heavy atom. The molecular formula is C30H35ClN2O3. The first-order chi connectivity index (χ1) is 17.0. The van der Waals surface area contributed by atoms with Crippen LogP contribution in [0.4, 0.5) is 0 Å². The normalized spacial score (nSPS) is 12.1. The van der Waals surface area contributed by atoms with Gasteiger partial charge in [0.1, 0.15) is 11.8 Å². The van der Waals surface area contributed by atoms with E-state index < -0.39 is 11.6 Å². The van der Waals surface area contributed by atoms with Gasteiger partial charge in [-0.2, -0.15) is 0 Å². The summed E-state index contributed by atoms with van der Waals surface area (Å²) >= 11 is 6.13. The minimum atomic E-state index is -0.712. The van der Waals surface area contributed by atoms with E-state index in [9.17, 15) is 9.59 Å². The Morgan fingerprint density at radius 1 is 0.944 bits per heavy atom. The van der Waals surface area contributed by atoms with Gasteiger partial charge in [-0.3, -0.25) is 9.59 Å². The van der Waals surface area contributed by atoms with Gasteiger partial charge in [0.2, 0.25) is 5.91 Å². The van der Waals surface area contributed by atoms with Gasteiger partial charge in [-0.1, -0.05) is 71.8 Å². The molecule has 1 unspecified atom stereocenters. The van der Waals surface area contributed by atoms with E-state index in [-0.39, 0.29) is 25.0 Å². The number of nitrogens with zero attached hydrogens (tertiary/aromatic N) is 1. The topological polar surface area (TPSA) is 58.6 Å². The summed E-state index contributed by atoms with van der Waals surface area (Å²) in [6.45, 7) is 9.79. The van der Waals surface area contributed by atoms with Crippen molar-refractivity contribution in [3.05, 3.63) is 100 Å². The standard InChI is InChI=1S/C30H35ClN2O3/c1-21-11-13-24(14-12-21)19-33(28(34)20-36-25-15-16-26(31)22(2)17-25)27(29(35)32-30(3,4)5)18-23-9-7-6-8-10-23/h6-17,27H,18-20H2,1-5H3,(H,32,35). The van der Waals surface area contributed by atoms with E-state index in [0.29, 0.717) is 17.2 Å². The molecule has 0 aromatic heterocycles. The number of aryl methyl sites for hydroxylation is 2. The van der Waals surface area contributed by atoms with Gasteiger partial charge in [-0.25, -0.2) is 0 Å². The number of halogens is 1. The molecule has 0 aliphatic carbocycles. The molecule has 0 heterocycles. The van der Waals surface area contributed by atoms with Crippen molar-refractivity contribution >= 4 is 23.4 Å². The highest BCUT2D eigenvalue weighted by atomic mass is 35.5. The zero-order valence-electron chi connectivity index (χ0n) is 21.7. The number of benzene rings is 3. The molecule has 0 aliphatic heterocycles. The van der Waals surface area contributed by atoms with Crippen molar-refractivity contribution in [1.29, 1.82) is 0 Å². The molecule has 0 saturated heterocycles. The van der Waals surface area contributed by atoms with E-state index >= 15 is 0 Å². The molecule has 0 spiro atoms. The van der Waals surface area contributed by atoms with Crippen LogP contribution in [0.2, 0.25) is 5.02 Å². The highest BCUT2D eigenvalue weighted by Crippen LogP contribution is 2.22. The van der Waals surface area contributed by atoms with E-state index in [4.69, 9.17) is 16.3 Å².